The predicted molar refractivity (Wildman–Crippen MR) is 102 cm³/mol. The Balaban J connectivity index is 1.50. The molecule has 0 aliphatic carbocycles. The zero-order valence-electron chi connectivity index (χ0n) is 14.8. The molecule has 0 unspecified atom stereocenters. The number of carbonyl (C=O) groups is 1. The molecule has 4 rings (SSSR count). The van der Waals surface area contributed by atoms with Gasteiger partial charge in [-0.1, -0.05) is 12.1 Å². The number of hydrogen-bond acceptors (Lipinski definition) is 5. The summed E-state index contributed by atoms with van der Waals surface area (Å²) in [6.07, 6.45) is 7.85. The minimum atomic E-state index is 0.0409. The molecule has 2 aromatic heterocycles. The van der Waals surface area contributed by atoms with Crippen molar-refractivity contribution in [3.63, 3.8) is 0 Å². The van der Waals surface area contributed by atoms with Gasteiger partial charge < -0.3 is 10.6 Å². The van der Waals surface area contributed by atoms with Crippen LogP contribution in [0.1, 0.15) is 12.8 Å². The largest absolute Gasteiger partial charge is 0.370 e. The lowest BCUT2D eigenvalue weighted by molar-refractivity contribution is -0.117. The number of nitrogens with zero attached hydrogens (tertiary/aromatic N) is 4. The third-order valence-corrected chi connectivity index (χ3v) is 4.70. The number of benzene rings is 1. The van der Waals surface area contributed by atoms with Crippen molar-refractivity contribution in [2.45, 2.75) is 12.8 Å². The van der Waals surface area contributed by atoms with E-state index in [-0.39, 0.29) is 5.91 Å². The van der Waals surface area contributed by atoms with E-state index in [1.54, 1.807) is 6.20 Å². The van der Waals surface area contributed by atoms with Crippen LogP contribution in [0.5, 0.6) is 0 Å². The number of hydrogen-bond donors (Lipinski definition) is 2. The Morgan fingerprint density at radius 3 is 2.65 bits per heavy atom. The van der Waals surface area contributed by atoms with Gasteiger partial charge in [0.1, 0.15) is 0 Å². The van der Waals surface area contributed by atoms with E-state index in [0.717, 1.165) is 41.5 Å². The monoisotopic (exact) mass is 350 g/mol. The molecule has 0 saturated carbocycles. The molecule has 0 atom stereocenters. The van der Waals surface area contributed by atoms with Gasteiger partial charge in [-0.3, -0.25) is 14.1 Å². The van der Waals surface area contributed by atoms with Gasteiger partial charge >= 0.3 is 0 Å². The lowest BCUT2D eigenvalue weighted by Crippen LogP contribution is -2.30. The Labute approximate surface area is 152 Å². The van der Waals surface area contributed by atoms with Crippen LogP contribution in [0.4, 0.5) is 11.5 Å². The fourth-order valence-electron chi connectivity index (χ4n) is 3.38. The van der Waals surface area contributed by atoms with Gasteiger partial charge in [0.25, 0.3) is 0 Å². The van der Waals surface area contributed by atoms with Gasteiger partial charge in [-0.25, -0.2) is 9.97 Å². The lowest BCUT2D eigenvalue weighted by Gasteiger charge is -2.14. The maximum atomic E-state index is 12.1. The first-order chi connectivity index (χ1) is 12.7. The van der Waals surface area contributed by atoms with Crippen molar-refractivity contribution in [3.8, 4) is 11.3 Å². The van der Waals surface area contributed by atoms with Crippen LogP contribution in [0.25, 0.3) is 16.9 Å². The first-order valence-corrected chi connectivity index (χ1v) is 8.87. The molecule has 0 radical (unpaired) electrons. The van der Waals surface area contributed by atoms with Crippen LogP contribution in [0.3, 0.4) is 0 Å². The van der Waals surface area contributed by atoms with Gasteiger partial charge in [-0.05, 0) is 38.1 Å². The summed E-state index contributed by atoms with van der Waals surface area (Å²) in [5.74, 6) is 0.781. The maximum absolute atomic E-state index is 12.1. The van der Waals surface area contributed by atoms with Crippen LogP contribution in [-0.2, 0) is 4.79 Å². The first-order valence-electron chi connectivity index (χ1n) is 8.87. The standard InChI is InChI=1S/C19H22N6O/c1-20-18-19-22-12-16(25(19)11-8-21-18)14-4-6-15(7-5-14)23-17(26)13-24-9-2-3-10-24/h4-8,11-12H,2-3,9-10,13H2,1H3,(H,20,21)(H,23,26). The quantitative estimate of drug-likeness (QED) is 0.739. The van der Waals surface area contributed by atoms with Crippen molar-refractivity contribution in [1.82, 2.24) is 19.3 Å². The summed E-state index contributed by atoms with van der Waals surface area (Å²) in [5, 5.41) is 6.02. The van der Waals surface area contributed by atoms with Crippen molar-refractivity contribution in [2.24, 2.45) is 0 Å². The van der Waals surface area contributed by atoms with Crippen LogP contribution in [0.2, 0.25) is 0 Å². The highest BCUT2D eigenvalue weighted by atomic mass is 16.2. The maximum Gasteiger partial charge on any atom is 0.238 e. The number of anilines is 2. The molecule has 2 N–H and O–H groups in total. The summed E-state index contributed by atoms with van der Waals surface area (Å²) in [4.78, 5) is 23.1. The average Bonchev–Trinajstić information content (AvgIpc) is 3.31. The van der Waals surface area contributed by atoms with E-state index in [0.29, 0.717) is 6.54 Å². The summed E-state index contributed by atoms with van der Waals surface area (Å²) >= 11 is 0. The average molecular weight is 350 g/mol. The number of rotatable bonds is 5. The molecule has 1 fully saturated rings. The van der Waals surface area contributed by atoms with Gasteiger partial charge in [0, 0.05) is 30.7 Å². The van der Waals surface area contributed by atoms with Crippen LogP contribution in [0, 0.1) is 0 Å². The minimum Gasteiger partial charge on any atom is -0.370 e. The molecule has 1 aliphatic heterocycles. The van der Waals surface area contributed by atoms with E-state index in [2.05, 4.69) is 25.5 Å². The van der Waals surface area contributed by atoms with Gasteiger partial charge in [-0.15, -0.1) is 0 Å². The van der Waals surface area contributed by atoms with E-state index in [1.807, 2.05) is 48.1 Å². The fraction of sp³-hybridized carbons (Fsp3) is 0.316. The van der Waals surface area contributed by atoms with Crippen molar-refractivity contribution in [2.75, 3.05) is 37.3 Å². The summed E-state index contributed by atoms with van der Waals surface area (Å²) in [7, 11) is 1.83. The smallest absolute Gasteiger partial charge is 0.238 e. The van der Waals surface area contributed by atoms with E-state index >= 15 is 0 Å². The summed E-state index contributed by atoms with van der Waals surface area (Å²) in [6, 6.07) is 7.84. The third-order valence-electron chi connectivity index (χ3n) is 4.70. The molecular weight excluding hydrogens is 328 g/mol. The van der Waals surface area contributed by atoms with Gasteiger partial charge in [-0.2, -0.15) is 0 Å². The Morgan fingerprint density at radius 1 is 1.15 bits per heavy atom. The second kappa shape index (κ2) is 7.13. The molecule has 1 aromatic carbocycles. The number of imidazole rings is 1. The number of amides is 1. The Kier molecular flexibility index (Phi) is 4.53. The van der Waals surface area contributed by atoms with Crippen LogP contribution in [0.15, 0.2) is 42.9 Å². The molecule has 7 nitrogen and oxygen atoms in total. The molecule has 0 spiro atoms. The number of nitrogens with one attached hydrogen (secondary N) is 2. The van der Waals surface area contributed by atoms with Crippen LogP contribution in [-0.4, -0.2) is 51.9 Å². The molecule has 134 valence electrons. The second-order valence-electron chi connectivity index (χ2n) is 6.47. The van der Waals surface area contributed by atoms with Crippen molar-refractivity contribution >= 4 is 23.1 Å². The summed E-state index contributed by atoms with van der Waals surface area (Å²) in [5.41, 5.74) is 3.61. The number of fused-ring (bicyclic) bond motifs is 1. The normalized spacial score (nSPS) is 14.7. The van der Waals surface area contributed by atoms with E-state index in [9.17, 15) is 4.79 Å². The zero-order valence-corrected chi connectivity index (χ0v) is 14.8. The zero-order chi connectivity index (χ0) is 17.9. The molecule has 0 bridgehead atoms. The van der Waals surface area contributed by atoms with Gasteiger partial charge in [0.15, 0.2) is 11.5 Å². The molecule has 1 amide bonds. The first kappa shape index (κ1) is 16.5. The number of carbonyl (C=O) groups excluding carboxylic acids is 1. The fourth-order valence-corrected chi connectivity index (χ4v) is 3.38. The minimum absolute atomic E-state index is 0.0409. The van der Waals surface area contributed by atoms with Crippen molar-refractivity contribution < 1.29 is 4.79 Å². The molecule has 1 saturated heterocycles. The van der Waals surface area contributed by atoms with Gasteiger partial charge in [0.2, 0.25) is 5.91 Å². The topological polar surface area (TPSA) is 74.6 Å². The highest BCUT2D eigenvalue weighted by Gasteiger charge is 2.15. The predicted octanol–water partition coefficient (Wildman–Crippen LogP) is 2.47. The molecule has 3 aromatic rings. The molecule has 7 heteroatoms. The second-order valence-corrected chi connectivity index (χ2v) is 6.47. The number of likely N-dealkylation sites (tertiary alicyclic amines) is 1. The van der Waals surface area contributed by atoms with Gasteiger partial charge in [0.05, 0.1) is 18.4 Å². The highest BCUT2D eigenvalue weighted by molar-refractivity contribution is 5.92. The highest BCUT2D eigenvalue weighted by Crippen LogP contribution is 2.24. The van der Waals surface area contributed by atoms with E-state index < -0.39 is 0 Å². The Hall–Kier alpha value is -2.93. The Bertz CT molecular complexity index is 911. The van der Waals surface area contributed by atoms with E-state index in [1.165, 1.54) is 12.8 Å². The molecule has 1 aliphatic rings. The SMILES string of the molecule is CNc1nccn2c(-c3ccc(NC(=O)CN4CCCC4)cc3)cnc12. The van der Waals surface area contributed by atoms with Crippen LogP contribution >= 0.6 is 0 Å². The molecule has 3 heterocycles. The van der Waals surface area contributed by atoms with Crippen LogP contribution < -0.4 is 10.6 Å². The third kappa shape index (κ3) is 3.25. The van der Waals surface area contributed by atoms with E-state index in [4.69, 9.17) is 0 Å². The number of aromatic nitrogens is 3. The molecule has 26 heavy (non-hydrogen) atoms. The van der Waals surface area contributed by atoms with Crippen molar-refractivity contribution in [1.29, 1.82) is 0 Å². The summed E-state index contributed by atoms with van der Waals surface area (Å²) in [6.45, 7) is 2.50. The Morgan fingerprint density at radius 2 is 1.92 bits per heavy atom. The van der Waals surface area contributed by atoms with Crippen molar-refractivity contribution in [3.05, 3.63) is 42.9 Å². The lowest BCUT2D eigenvalue weighted by atomic mass is 10.1. The summed E-state index contributed by atoms with van der Waals surface area (Å²) < 4.78 is 2.00. The molecular formula is C19H22N6O.